The lowest BCUT2D eigenvalue weighted by Gasteiger charge is -2.00. The summed E-state index contributed by atoms with van der Waals surface area (Å²) in [6, 6.07) is 16.2. The predicted octanol–water partition coefficient (Wildman–Crippen LogP) is 5.25. The first-order valence-electron chi connectivity index (χ1n) is 6.12. The molecule has 2 nitrogen and oxygen atoms in total. The number of methoxy groups -OCH3 is 1. The minimum Gasteiger partial charge on any atom is -0.497 e. The molecule has 1 aromatic heterocycles. The molecule has 0 spiro atoms. The molecule has 0 radical (unpaired) electrons. The smallest absolute Gasteiger partial charge is 0.124 e. The minimum atomic E-state index is 0.858. The molecule has 0 unspecified atom stereocenters. The molecule has 2 aromatic carbocycles. The average Bonchev–Trinajstić information content (AvgIpc) is 2.98. The fourth-order valence-electron chi connectivity index (χ4n) is 1.89. The van der Waals surface area contributed by atoms with Crippen molar-refractivity contribution >= 4 is 27.3 Å². The number of halogens is 1. The normalized spacial score (nSPS) is 10.5. The van der Waals surface area contributed by atoms with Crippen molar-refractivity contribution in [3.05, 3.63) is 58.4 Å². The molecule has 0 saturated carbocycles. The van der Waals surface area contributed by atoms with Crippen molar-refractivity contribution in [2.75, 3.05) is 7.11 Å². The van der Waals surface area contributed by atoms with Crippen LogP contribution in [0.25, 0.3) is 21.8 Å². The summed E-state index contributed by atoms with van der Waals surface area (Å²) < 4.78 is 6.25. The van der Waals surface area contributed by atoms with Gasteiger partial charge in [-0.2, -0.15) is 0 Å². The van der Waals surface area contributed by atoms with Crippen molar-refractivity contribution in [1.29, 1.82) is 0 Å². The molecule has 0 saturated heterocycles. The zero-order valence-corrected chi connectivity index (χ0v) is 13.2. The van der Waals surface area contributed by atoms with Gasteiger partial charge in [-0.05, 0) is 36.4 Å². The highest BCUT2D eigenvalue weighted by Crippen LogP contribution is 2.30. The number of benzene rings is 2. The third kappa shape index (κ3) is 2.76. The largest absolute Gasteiger partial charge is 0.497 e. The van der Waals surface area contributed by atoms with E-state index in [1.807, 2.05) is 36.4 Å². The summed E-state index contributed by atoms with van der Waals surface area (Å²) in [6.07, 6.45) is 0. The molecule has 1 heterocycles. The SMILES string of the molecule is COc1ccc(-c2csc(-c3ccc(Br)cc3)n2)cc1. The molecular weight excluding hydrogens is 334 g/mol. The van der Waals surface area contributed by atoms with Gasteiger partial charge in [0.05, 0.1) is 12.8 Å². The molecule has 0 aliphatic carbocycles. The van der Waals surface area contributed by atoms with Gasteiger partial charge in [0.15, 0.2) is 0 Å². The summed E-state index contributed by atoms with van der Waals surface area (Å²) in [5.74, 6) is 0.858. The second kappa shape index (κ2) is 5.77. The zero-order chi connectivity index (χ0) is 13.9. The van der Waals surface area contributed by atoms with E-state index < -0.39 is 0 Å². The quantitative estimate of drug-likeness (QED) is 0.646. The van der Waals surface area contributed by atoms with Gasteiger partial charge >= 0.3 is 0 Å². The van der Waals surface area contributed by atoms with Gasteiger partial charge in [0, 0.05) is 21.0 Å². The van der Waals surface area contributed by atoms with E-state index in [0.717, 1.165) is 32.1 Å². The molecule has 20 heavy (non-hydrogen) atoms. The van der Waals surface area contributed by atoms with Gasteiger partial charge in [0.1, 0.15) is 10.8 Å². The van der Waals surface area contributed by atoms with E-state index in [4.69, 9.17) is 9.72 Å². The summed E-state index contributed by atoms with van der Waals surface area (Å²) in [5.41, 5.74) is 3.24. The van der Waals surface area contributed by atoms with Crippen LogP contribution in [0.5, 0.6) is 5.75 Å². The van der Waals surface area contributed by atoms with Gasteiger partial charge in [-0.3, -0.25) is 0 Å². The van der Waals surface area contributed by atoms with Crippen LogP contribution >= 0.6 is 27.3 Å². The van der Waals surface area contributed by atoms with Gasteiger partial charge < -0.3 is 4.74 Å². The molecule has 0 amide bonds. The van der Waals surface area contributed by atoms with Crippen molar-refractivity contribution in [3.63, 3.8) is 0 Å². The maximum Gasteiger partial charge on any atom is 0.124 e. The summed E-state index contributed by atoms with van der Waals surface area (Å²) in [5, 5.41) is 3.11. The van der Waals surface area contributed by atoms with E-state index in [-0.39, 0.29) is 0 Å². The summed E-state index contributed by atoms with van der Waals surface area (Å²) in [7, 11) is 1.67. The maximum absolute atomic E-state index is 5.17. The number of aromatic nitrogens is 1. The Kier molecular flexibility index (Phi) is 3.85. The Balaban J connectivity index is 1.91. The van der Waals surface area contributed by atoms with Crippen LogP contribution in [0.2, 0.25) is 0 Å². The van der Waals surface area contributed by atoms with E-state index >= 15 is 0 Å². The monoisotopic (exact) mass is 345 g/mol. The van der Waals surface area contributed by atoms with Crippen LogP contribution in [-0.2, 0) is 0 Å². The van der Waals surface area contributed by atoms with Crippen LogP contribution in [0.15, 0.2) is 58.4 Å². The standard InChI is InChI=1S/C16H12BrNOS/c1-19-14-8-4-11(5-9-14)15-10-20-16(18-15)12-2-6-13(17)7-3-12/h2-10H,1H3. The first-order valence-corrected chi connectivity index (χ1v) is 7.79. The molecule has 100 valence electrons. The number of ether oxygens (including phenoxy) is 1. The highest BCUT2D eigenvalue weighted by atomic mass is 79.9. The number of hydrogen-bond acceptors (Lipinski definition) is 3. The molecule has 0 atom stereocenters. The van der Waals surface area contributed by atoms with E-state index in [1.165, 1.54) is 0 Å². The third-order valence-corrected chi connectivity index (χ3v) is 4.40. The molecule has 4 heteroatoms. The van der Waals surface area contributed by atoms with Crippen molar-refractivity contribution in [2.24, 2.45) is 0 Å². The van der Waals surface area contributed by atoms with Crippen LogP contribution in [-0.4, -0.2) is 12.1 Å². The summed E-state index contributed by atoms with van der Waals surface area (Å²) in [6.45, 7) is 0. The summed E-state index contributed by atoms with van der Waals surface area (Å²) in [4.78, 5) is 4.70. The van der Waals surface area contributed by atoms with E-state index in [1.54, 1.807) is 18.4 Å². The zero-order valence-electron chi connectivity index (χ0n) is 10.8. The van der Waals surface area contributed by atoms with Crippen molar-refractivity contribution in [1.82, 2.24) is 4.98 Å². The van der Waals surface area contributed by atoms with Gasteiger partial charge in [-0.15, -0.1) is 11.3 Å². The Morgan fingerprint density at radius 2 is 1.60 bits per heavy atom. The Morgan fingerprint density at radius 3 is 2.25 bits per heavy atom. The van der Waals surface area contributed by atoms with Gasteiger partial charge in [-0.25, -0.2) is 4.98 Å². The van der Waals surface area contributed by atoms with E-state index in [0.29, 0.717) is 0 Å². The topological polar surface area (TPSA) is 22.1 Å². The Labute approximate surface area is 130 Å². The molecular formula is C16H12BrNOS. The third-order valence-electron chi connectivity index (χ3n) is 2.98. The van der Waals surface area contributed by atoms with Crippen LogP contribution in [0.3, 0.4) is 0 Å². The highest BCUT2D eigenvalue weighted by Gasteiger charge is 2.06. The Morgan fingerprint density at radius 1 is 0.950 bits per heavy atom. The van der Waals surface area contributed by atoms with Crippen LogP contribution in [0, 0.1) is 0 Å². The fraction of sp³-hybridized carbons (Fsp3) is 0.0625. The van der Waals surface area contributed by atoms with Gasteiger partial charge in [0.2, 0.25) is 0 Å². The lowest BCUT2D eigenvalue weighted by Crippen LogP contribution is -1.83. The number of rotatable bonds is 3. The molecule has 0 aliphatic heterocycles. The molecule has 3 aromatic rings. The average molecular weight is 346 g/mol. The van der Waals surface area contributed by atoms with Gasteiger partial charge in [0.25, 0.3) is 0 Å². The molecule has 0 fully saturated rings. The van der Waals surface area contributed by atoms with Crippen LogP contribution in [0.1, 0.15) is 0 Å². The van der Waals surface area contributed by atoms with E-state index in [9.17, 15) is 0 Å². The van der Waals surface area contributed by atoms with Crippen molar-refractivity contribution in [3.8, 4) is 27.6 Å². The highest BCUT2D eigenvalue weighted by molar-refractivity contribution is 9.10. The molecule has 0 aliphatic rings. The van der Waals surface area contributed by atoms with Crippen LogP contribution in [0.4, 0.5) is 0 Å². The number of hydrogen-bond donors (Lipinski definition) is 0. The van der Waals surface area contributed by atoms with Gasteiger partial charge in [-0.1, -0.05) is 28.1 Å². The number of nitrogens with zero attached hydrogens (tertiary/aromatic N) is 1. The van der Waals surface area contributed by atoms with E-state index in [2.05, 4.69) is 33.4 Å². The minimum absolute atomic E-state index is 0.858. The second-order valence-corrected chi connectivity index (χ2v) is 6.05. The molecule has 0 N–H and O–H groups in total. The molecule has 0 bridgehead atoms. The predicted molar refractivity (Wildman–Crippen MR) is 87.2 cm³/mol. The fourth-order valence-corrected chi connectivity index (χ4v) is 2.99. The van der Waals surface area contributed by atoms with Crippen molar-refractivity contribution < 1.29 is 4.74 Å². The lowest BCUT2D eigenvalue weighted by atomic mass is 10.1. The number of thiazole rings is 1. The van der Waals surface area contributed by atoms with Crippen molar-refractivity contribution in [2.45, 2.75) is 0 Å². The Hall–Kier alpha value is -1.65. The summed E-state index contributed by atoms with van der Waals surface area (Å²) >= 11 is 5.10. The second-order valence-electron chi connectivity index (χ2n) is 4.27. The first-order chi connectivity index (χ1) is 9.76. The maximum atomic E-state index is 5.17. The first kappa shape index (κ1) is 13.3. The Bertz CT molecular complexity index is 704. The van der Waals surface area contributed by atoms with Crippen LogP contribution < -0.4 is 4.74 Å². The lowest BCUT2D eigenvalue weighted by molar-refractivity contribution is 0.415. The molecule has 3 rings (SSSR count).